The minimum absolute atomic E-state index is 0.00393. The first-order valence-corrected chi connectivity index (χ1v) is 12.1. The van der Waals surface area contributed by atoms with Crippen LogP contribution in [0.1, 0.15) is 31.1 Å². The van der Waals surface area contributed by atoms with Gasteiger partial charge in [0.05, 0.1) is 40.4 Å². The molecular formula is C21H16F6N6O2S. The molecule has 190 valence electrons. The van der Waals surface area contributed by atoms with E-state index in [0.29, 0.717) is 10.2 Å². The maximum absolute atomic E-state index is 15.6. The minimum atomic E-state index is -5.28. The summed E-state index contributed by atoms with van der Waals surface area (Å²) in [5.41, 5.74) is -6.92. The van der Waals surface area contributed by atoms with Gasteiger partial charge < -0.3 is 5.32 Å². The van der Waals surface area contributed by atoms with Crippen LogP contribution >= 0.6 is 0 Å². The van der Waals surface area contributed by atoms with E-state index in [0.717, 1.165) is 23.1 Å². The maximum Gasteiger partial charge on any atom is 0.419 e. The molecule has 0 atom stereocenters. The van der Waals surface area contributed by atoms with Gasteiger partial charge in [-0.05, 0) is 32.4 Å². The molecule has 2 aromatic heterocycles. The number of aryl methyl sites for hydroxylation is 1. The van der Waals surface area contributed by atoms with Gasteiger partial charge in [0.25, 0.3) is 10.0 Å². The second-order valence-electron chi connectivity index (χ2n) is 8.89. The predicted molar refractivity (Wildman–Crippen MR) is 117 cm³/mol. The van der Waals surface area contributed by atoms with Gasteiger partial charge in [-0.3, -0.25) is 4.57 Å². The normalized spacial score (nSPS) is 15.1. The average Bonchev–Trinajstić information content (AvgIpc) is 3.34. The van der Waals surface area contributed by atoms with Crippen LogP contribution in [0.15, 0.2) is 18.3 Å². The summed E-state index contributed by atoms with van der Waals surface area (Å²) >= 11 is 0. The molecule has 0 spiro atoms. The zero-order valence-corrected chi connectivity index (χ0v) is 19.8. The van der Waals surface area contributed by atoms with E-state index in [-0.39, 0.29) is 17.0 Å². The van der Waals surface area contributed by atoms with E-state index < -0.39 is 72.8 Å². The standard InChI is InChI=1S/C21H16F6N6O2S/c1-8-30-31-19-20(2,3)29-17-16(24)15(23)13(14(21(25,26)27)18(17)32(8)19)10-5-9(22)6-12-11(10)7-28-33(12)36(4,34)35/h5-7,29H,1-4H3. The number of halogens is 6. The third-order valence-corrected chi connectivity index (χ3v) is 6.81. The van der Waals surface area contributed by atoms with Crippen LogP contribution in [0.25, 0.3) is 27.7 Å². The van der Waals surface area contributed by atoms with Gasteiger partial charge in [-0.2, -0.15) is 22.4 Å². The molecule has 0 saturated heterocycles. The second-order valence-corrected chi connectivity index (χ2v) is 10.7. The van der Waals surface area contributed by atoms with Crippen LogP contribution in [0, 0.1) is 24.4 Å². The van der Waals surface area contributed by atoms with Crippen LogP contribution in [0.3, 0.4) is 0 Å². The molecule has 4 aromatic rings. The van der Waals surface area contributed by atoms with Crippen LogP contribution in [0.5, 0.6) is 0 Å². The minimum Gasteiger partial charge on any atom is -0.369 e. The fraction of sp³-hybridized carbons (Fsp3) is 0.286. The Kier molecular flexibility index (Phi) is 4.82. The Morgan fingerprint density at radius 3 is 2.33 bits per heavy atom. The van der Waals surface area contributed by atoms with Gasteiger partial charge in [0.1, 0.15) is 11.6 Å². The largest absolute Gasteiger partial charge is 0.419 e. The summed E-state index contributed by atoms with van der Waals surface area (Å²) in [6.07, 6.45) is -3.69. The van der Waals surface area contributed by atoms with E-state index in [4.69, 9.17) is 0 Å². The Bertz CT molecular complexity index is 1700. The highest BCUT2D eigenvalue weighted by atomic mass is 32.2. The molecule has 0 fully saturated rings. The molecule has 0 bridgehead atoms. The average molecular weight is 530 g/mol. The van der Waals surface area contributed by atoms with Gasteiger partial charge in [0, 0.05) is 17.0 Å². The van der Waals surface area contributed by atoms with Crippen LogP contribution in [0.2, 0.25) is 0 Å². The zero-order valence-electron chi connectivity index (χ0n) is 19.0. The van der Waals surface area contributed by atoms with Gasteiger partial charge in [0.2, 0.25) is 0 Å². The van der Waals surface area contributed by atoms with E-state index in [1.807, 2.05) is 0 Å². The zero-order chi connectivity index (χ0) is 26.5. The molecule has 1 aliphatic rings. The highest BCUT2D eigenvalue weighted by Gasteiger charge is 2.47. The summed E-state index contributed by atoms with van der Waals surface area (Å²) in [5, 5.41) is 13.6. The summed E-state index contributed by atoms with van der Waals surface area (Å²) in [4.78, 5) is 0. The number of aromatic nitrogens is 5. The van der Waals surface area contributed by atoms with Crippen LogP contribution in [-0.4, -0.2) is 38.6 Å². The number of rotatable bonds is 2. The summed E-state index contributed by atoms with van der Waals surface area (Å²) in [6, 6.07) is 1.29. The molecule has 8 nitrogen and oxygen atoms in total. The summed E-state index contributed by atoms with van der Waals surface area (Å²) in [6.45, 7) is 4.35. The molecule has 15 heteroatoms. The fourth-order valence-electron chi connectivity index (χ4n) is 4.49. The van der Waals surface area contributed by atoms with Crippen molar-refractivity contribution in [3.8, 4) is 16.8 Å². The lowest BCUT2D eigenvalue weighted by Crippen LogP contribution is -2.38. The van der Waals surface area contributed by atoms with E-state index in [1.54, 1.807) is 0 Å². The molecule has 1 N–H and O–H groups in total. The molecule has 0 unspecified atom stereocenters. The van der Waals surface area contributed by atoms with Gasteiger partial charge in [-0.15, -0.1) is 10.2 Å². The van der Waals surface area contributed by atoms with E-state index in [2.05, 4.69) is 20.6 Å². The lowest BCUT2D eigenvalue weighted by Gasteiger charge is -2.36. The first-order chi connectivity index (χ1) is 16.5. The molecule has 0 radical (unpaired) electrons. The second kappa shape index (κ2) is 7.21. The van der Waals surface area contributed by atoms with Gasteiger partial charge in [-0.25, -0.2) is 21.6 Å². The van der Waals surface area contributed by atoms with Crippen molar-refractivity contribution in [1.82, 2.24) is 24.0 Å². The Hall–Kier alpha value is -3.62. The van der Waals surface area contributed by atoms with Crippen LogP contribution in [-0.2, 0) is 21.7 Å². The molecule has 0 amide bonds. The molecular weight excluding hydrogens is 514 g/mol. The Balaban J connectivity index is 2.00. The number of hydrogen-bond donors (Lipinski definition) is 1. The summed E-state index contributed by atoms with van der Waals surface area (Å²) < 4.78 is 115. The number of fused-ring (bicyclic) bond motifs is 4. The fourth-order valence-corrected chi connectivity index (χ4v) is 5.21. The third kappa shape index (κ3) is 3.28. The lowest BCUT2D eigenvalue weighted by atomic mass is 9.90. The van der Waals surface area contributed by atoms with E-state index in [9.17, 15) is 26.0 Å². The number of nitrogens with one attached hydrogen (secondary N) is 1. The maximum atomic E-state index is 15.6. The van der Waals surface area contributed by atoms with Crippen molar-refractivity contribution in [2.45, 2.75) is 32.5 Å². The first kappa shape index (κ1) is 24.1. The summed E-state index contributed by atoms with van der Waals surface area (Å²) in [5.74, 6) is -4.76. The molecule has 0 aliphatic carbocycles. The van der Waals surface area contributed by atoms with Crippen molar-refractivity contribution >= 4 is 26.6 Å². The number of hydrogen-bond acceptors (Lipinski definition) is 6. The van der Waals surface area contributed by atoms with Gasteiger partial charge in [0.15, 0.2) is 17.5 Å². The van der Waals surface area contributed by atoms with Gasteiger partial charge >= 0.3 is 6.18 Å². The topological polar surface area (TPSA) is 94.7 Å². The molecule has 2 aromatic carbocycles. The number of alkyl halides is 3. The molecule has 36 heavy (non-hydrogen) atoms. The first-order valence-electron chi connectivity index (χ1n) is 10.3. The van der Waals surface area contributed by atoms with Crippen molar-refractivity contribution in [3.63, 3.8) is 0 Å². The Morgan fingerprint density at radius 1 is 1.06 bits per heavy atom. The highest BCUT2D eigenvalue weighted by molar-refractivity contribution is 7.89. The van der Waals surface area contributed by atoms with Crippen molar-refractivity contribution in [1.29, 1.82) is 0 Å². The highest BCUT2D eigenvalue weighted by Crippen LogP contribution is 2.51. The van der Waals surface area contributed by atoms with Crippen LogP contribution < -0.4 is 5.32 Å². The number of anilines is 1. The molecule has 0 saturated carbocycles. The van der Waals surface area contributed by atoms with Crippen molar-refractivity contribution in [2.75, 3.05) is 11.6 Å². The number of benzene rings is 2. The lowest BCUT2D eigenvalue weighted by molar-refractivity contribution is -0.137. The quantitative estimate of drug-likeness (QED) is 0.384. The monoisotopic (exact) mass is 530 g/mol. The smallest absolute Gasteiger partial charge is 0.369 e. The summed E-state index contributed by atoms with van der Waals surface area (Å²) in [7, 11) is -4.11. The van der Waals surface area contributed by atoms with Gasteiger partial charge in [-0.1, -0.05) is 0 Å². The predicted octanol–water partition coefficient (Wildman–Crippen LogP) is 4.50. The SMILES string of the molecule is Cc1nnc2n1-c1c(c(F)c(F)c(-c3cc(F)cc4c3cnn4S(C)(=O)=O)c1C(F)(F)F)NC2(C)C. The Morgan fingerprint density at radius 2 is 1.72 bits per heavy atom. The van der Waals surface area contributed by atoms with Crippen molar-refractivity contribution in [3.05, 3.63) is 53.0 Å². The molecule has 3 heterocycles. The van der Waals surface area contributed by atoms with Crippen LogP contribution in [0.4, 0.5) is 32.0 Å². The van der Waals surface area contributed by atoms with Crippen molar-refractivity contribution in [2.24, 2.45) is 0 Å². The van der Waals surface area contributed by atoms with Crippen molar-refractivity contribution < 1.29 is 34.8 Å². The molecule has 1 aliphatic heterocycles. The van der Waals surface area contributed by atoms with E-state index in [1.165, 1.54) is 20.8 Å². The van der Waals surface area contributed by atoms with E-state index >= 15 is 8.78 Å². The third-order valence-electron chi connectivity index (χ3n) is 5.89. The number of nitrogens with zero attached hydrogens (tertiary/aromatic N) is 5. The Labute approximate surface area is 199 Å². The molecule has 5 rings (SSSR count).